The van der Waals surface area contributed by atoms with Crippen molar-refractivity contribution in [1.29, 1.82) is 0 Å². The number of nitrogens with zero attached hydrogens (tertiary/aromatic N) is 1. The third kappa shape index (κ3) is 2.55. The summed E-state index contributed by atoms with van der Waals surface area (Å²) in [5, 5.41) is 3.97. The number of carbonyl (C=O) groups is 1. The Balaban J connectivity index is 1.80. The molecule has 1 aliphatic heterocycles. The topological polar surface area (TPSA) is 41.6 Å². The first kappa shape index (κ1) is 12.8. The third-order valence-electron chi connectivity index (χ3n) is 3.66. The van der Waals surface area contributed by atoms with Crippen molar-refractivity contribution in [3.8, 4) is 5.75 Å². The van der Waals surface area contributed by atoms with Crippen molar-refractivity contribution in [2.24, 2.45) is 0 Å². The number of anilines is 1. The van der Waals surface area contributed by atoms with E-state index in [2.05, 4.69) is 5.32 Å². The number of carbonyl (C=O) groups excluding carboxylic acids is 1. The summed E-state index contributed by atoms with van der Waals surface area (Å²) in [6.45, 7) is 0.704. The number of ether oxygens (including phenoxy) is 1. The minimum absolute atomic E-state index is 0.0604. The Kier molecular flexibility index (Phi) is 3.37. The first-order chi connectivity index (χ1) is 9.19. The molecule has 1 N–H and O–H groups in total. The Bertz CT molecular complexity index is 502. The van der Waals surface area contributed by atoms with Gasteiger partial charge in [0.1, 0.15) is 5.75 Å². The molecule has 0 bridgehead atoms. The van der Waals surface area contributed by atoms with Crippen LogP contribution in [0.25, 0.3) is 0 Å². The lowest BCUT2D eigenvalue weighted by molar-refractivity contribution is -0.118. The van der Waals surface area contributed by atoms with Crippen LogP contribution < -0.4 is 15.0 Å². The number of rotatable bonds is 4. The number of hydrogen-bond donors (Lipinski definition) is 1. The van der Waals surface area contributed by atoms with Gasteiger partial charge in [0, 0.05) is 18.7 Å². The number of nitrogens with one attached hydrogen (secondary N) is 1. The van der Waals surface area contributed by atoms with Crippen LogP contribution in [0.1, 0.15) is 19.3 Å². The zero-order valence-corrected chi connectivity index (χ0v) is 11.6. The molecule has 1 aromatic rings. The molecule has 5 heteroatoms. The number of halogens is 1. The van der Waals surface area contributed by atoms with E-state index >= 15 is 0 Å². The molecular weight excluding hydrogens is 264 g/mol. The maximum Gasteiger partial charge on any atom is 0.244 e. The molecule has 19 heavy (non-hydrogen) atoms. The molecule has 1 aliphatic carbocycles. The van der Waals surface area contributed by atoms with E-state index < -0.39 is 0 Å². The summed E-state index contributed by atoms with van der Waals surface area (Å²) in [6, 6.07) is 5.86. The molecule has 1 heterocycles. The minimum atomic E-state index is -0.0604. The molecule has 3 rings (SSSR count). The molecular formula is C14H17ClN2O2. The smallest absolute Gasteiger partial charge is 0.244 e. The third-order valence-corrected chi connectivity index (χ3v) is 3.98. The van der Waals surface area contributed by atoms with Crippen LogP contribution in [-0.2, 0) is 4.79 Å². The van der Waals surface area contributed by atoms with Crippen molar-refractivity contribution < 1.29 is 9.53 Å². The Morgan fingerprint density at radius 1 is 1.37 bits per heavy atom. The maximum absolute atomic E-state index is 12.4. The standard InChI is InChI=1S/C14H17ClN2O2/c1-19-10-4-5-11(15)13(8-10)17-7-6-12(14(17)18)16-9-2-3-9/h4-5,8-9,12,16H,2-3,6-7H2,1H3. The van der Waals surface area contributed by atoms with Gasteiger partial charge in [-0.2, -0.15) is 0 Å². The normalized spacial score (nSPS) is 22.9. The first-order valence-electron chi connectivity index (χ1n) is 6.60. The van der Waals surface area contributed by atoms with Gasteiger partial charge in [0.15, 0.2) is 0 Å². The fourth-order valence-corrected chi connectivity index (χ4v) is 2.65. The van der Waals surface area contributed by atoms with Crippen molar-refractivity contribution in [2.45, 2.75) is 31.3 Å². The van der Waals surface area contributed by atoms with Crippen molar-refractivity contribution in [3.63, 3.8) is 0 Å². The number of benzene rings is 1. The SMILES string of the molecule is COc1ccc(Cl)c(N2CCC(NC3CC3)C2=O)c1. The second-order valence-electron chi connectivity index (χ2n) is 5.09. The van der Waals surface area contributed by atoms with Gasteiger partial charge >= 0.3 is 0 Å². The summed E-state index contributed by atoms with van der Waals surface area (Å²) in [5.74, 6) is 0.827. The van der Waals surface area contributed by atoms with Gasteiger partial charge in [-0.3, -0.25) is 4.79 Å². The summed E-state index contributed by atoms with van der Waals surface area (Å²) in [5.41, 5.74) is 0.742. The lowest BCUT2D eigenvalue weighted by atomic mass is 10.2. The number of hydrogen-bond acceptors (Lipinski definition) is 3. The highest BCUT2D eigenvalue weighted by molar-refractivity contribution is 6.34. The average molecular weight is 281 g/mol. The monoisotopic (exact) mass is 280 g/mol. The Morgan fingerprint density at radius 2 is 2.16 bits per heavy atom. The minimum Gasteiger partial charge on any atom is -0.497 e. The second kappa shape index (κ2) is 5.02. The van der Waals surface area contributed by atoms with Crippen molar-refractivity contribution >= 4 is 23.2 Å². The highest BCUT2D eigenvalue weighted by Gasteiger charge is 2.36. The van der Waals surface area contributed by atoms with Crippen LogP contribution in [0, 0.1) is 0 Å². The van der Waals surface area contributed by atoms with Gasteiger partial charge in [-0.15, -0.1) is 0 Å². The molecule has 102 valence electrons. The van der Waals surface area contributed by atoms with Gasteiger partial charge in [-0.05, 0) is 31.4 Å². The van der Waals surface area contributed by atoms with Gasteiger partial charge in [0.2, 0.25) is 5.91 Å². The highest BCUT2D eigenvalue weighted by atomic mass is 35.5. The second-order valence-corrected chi connectivity index (χ2v) is 5.50. The lowest BCUT2D eigenvalue weighted by Crippen LogP contribution is -2.39. The molecule has 1 saturated carbocycles. The molecule has 1 aromatic carbocycles. The van der Waals surface area contributed by atoms with Gasteiger partial charge in [-0.1, -0.05) is 11.6 Å². The highest BCUT2D eigenvalue weighted by Crippen LogP contribution is 2.33. The Morgan fingerprint density at radius 3 is 2.84 bits per heavy atom. The molecule has 0 spiro atoms. The van der Waals surface area contributed by atoms with Gasteiger partial charge in [0.05, 0.1) is 23.9 Å². The van der Waals surface area contributed by atoms with Gasteiger partial charge in [0.25, 0.3) is 0 Å². The summed E-state index contributed by atoms with van der Waals surface area (Å²) in [4.78, 5) is 14.1. The van der Waals surface area contributed by atoms with E-state index in [1.807, 2.05) is 6.07 Å². The van der Waals surface area contributed by atoms with Crippen LogP contribution >= 0.6 is 11.6 Å². The molecule has 1 unspecified atom stereocenters. The number of amides is 1. The largest absolute Gasteiger partial charge is 0.497 e. The molecule has 2 fully saturated rings. The van der Waals surface area contributed by atoms with E-state index in [0.29, 0.717) is 23.4 Å². The predicted molar refractivity (Wildman–Crippen MR) is 74.9 cm³/mol. The molecule has 1 amide bonds. The molecule has 0 radical (unpaired) electrons. The van der Waals surface area contributed by atoms with E-state index in [0.717, 1.165) is 12.1 Å². The zero-order chi connectivity index (χ0) is 13.4. The predicted octanol–water partition coefficient (Wildman–Crippen LogP) is 2.21. The fourth-order valence-electron chi connectivity index (χ4n) is 2.43. The average Bonchev–Trinajstić information content (AvgIpc) is 3.16. The van der Waals surface area contributed by atoms with Crippen LogP contribution in [-0.4, -0.2) is 31.6 Å². The van der Waals surface area contributed by atoms with Crippen LogP contribution in [0.2, 0.25) is 5.02 Å². The molecule has 2 aliphatic rings. The maximum atomic E-state index is 12.4. The van der Waals surface area contributed by atoms with Gasteiger partial charge < -0.3 is 15.0 Å². The zero-order valence-electron chi connectivity index (χ0n) is 10.9. The van der Waals surface area contributed by atoms with Crippen LogP contribution in [0.4, 0.5) is 5.69 Å². The van der Waals surface area contributed by atoms with Crippen LogP contribution in [0.3, 0.4) is 0 Å². The summed E-state index contributed by atoms with van der Waals surface area (Å²) < 4.78 is 5.19. The number of methoxy groups -OCH3 is 1. The quantitative estimate of drug-likeness (QED) is 0.919. The lowest BCUT2D eigenvalue weighted by Gasteiger charge is -2.19. The molecule has 1 atom stereocenters. The molecule has 0 aromatic heterocycles. The van der Waals surface area contributed by atoms with Crippen molar-refractivity contribution in [3.05, 3.63) is 23.2 Å². The Labute approximate surface area is 117 Å². The van der Waals surface area contributed by atoms with Crippen LogP contribution in [0.5, 0.6) is 5.75 Å². The molecule has 4 nitrogen and oxygen atoms in total. The van der Waals surface area contributed by atoms with E-state index in [1.165, 1.54) is 12.8 Å². The van der Waals surface area contributed by atoms with E-state index in [1.54, 1.807) is 24.1 Å². The summed E-state index contributed by atoms with van der Waals surface area (Å²) in [6.07, 6.45) is 3.20. The Hall–Kier alpha value is -1.26. The summed E-state index contributed by atoms with van der Waals surface area (Å²) >= 11 is 6.19. The van der Waals surface area contributed by atoms with Gasteiger partial charge in [-0.25, -0.2) is 0 Å². The van der Waals surface area contributed by atoms with E-state index in [9.17, 15) is 4.79 Å². The van der Waals surface area contributed by atoms with E-state index in [-0.39, 0.29) is 11.9 Å². The fraction of sp³-hybridized carbons (Fsp3) is 0.500. The first-order valence-corrected chi connectivity index (χ1v) is 6.98. The van der Waals surface area contributed by atoms with E-state index in [4.69, 9.17) is 16.3 Å². The molecule has 1 saturated heterocycles. The van der Waals surface area contributed by atoms with Crippen molar-refractivity contribution in [2.75, 3.05) is 18.6 Å². The summed E-state index contributed by atoms with van der Waals surface area (Å²) in [7, 11) is 1.61. The van der Waals surface area contributed by atoms with Crippen LogP contribution in [0.15, 0.2) is 18.2 Å². The van der Waals surface area contributed by atoms with Crippen molar-refractivity contribution in [1.82, 2.24) is 5.32 Å².